The van der Waals surface area contributed by atoms with E-state index in [4.69, 9.17) is 9.15 Å². The molecule has 1 unspecified atom stereocenters. The second-order valence-electron chi connectivity index (χ2n) is 3.56. The highest BCUT2D eigenvalue weighted by atomic mass is 16.5. The third-order valence-corrected chi connectivity index (χ3v) is 2.17. The zero-order valence-corrected chi connectivity index (χ0v) is 10.4. The first kappa shape index (κ1) is 13.3. The molecule has 0 bridgehead atoms. The lowest BCUT2D eigenvalue weighted by Crippen LogP contribution is -2.33. The van der Waals surface area contributed by atoms with E-state index >= 15 is 0 Å². The summed E-state index contributed by atoms with van der Waals surface area (Å²) in [6.45, 7) is 6.27. The topological polar surface area (TPSA) is 63.8 Å². The Bertz CT molecular complexity index is 371. The number of amidine groups is 1. The van der Waals surface area contributed by atoms with Crippen LogP contribution in [0.5, 0.6) is 0 Å². The van der Waals surface area contributed by atoms with Gasteiger partial charge in [0, 0.05) is 0 Å². The number of furan rings is 1. The average Bonchev–Trinajstić information content (AvgIpc) is 2.82. The molecule has 0 spiro atoms. The van der Waals surface area contributed by atoms with Crippen molar-refractivity contribution in [1.29, 1.82) is 0 Å². The molecule has 0 aliphatic rings. The van der Waals surface area contributed by atoms with Crippen molar-refractivity contribution in [3.8, 4) is 0 Å². The summed E-state index contributed by atoms with van der Waals surface area (Å²) in [4.78, 5) is 16.0. The van der Waals surface area contributed by atoms with E-state index in [2.05, 4.69) is 10.3 Å². The molecule has 0 radical (unpaired) electrons. The van der Waals surface area contributed by atoms with Crippen LogP contribution in [0.2, 0.25) is 0 Å². The van der Waals surface area contributed by atoms with E-state index in [9.17, 15) is 4.79 Å². The molecule has 94 valence electrons. The van der Waals surface area contributed by atoms with Crippen LogP contribution < -0.4 is 5.32 Å². The van der Waals surface area contributed by atoms with Crippen molar-refractivity contribution in [1.82, 2.24) is 5.32 Å². The van der Waals surface area contributed by atoms with Gasteiger partial charge in [0.05, 0.1) is 18.9 Å². The highest BCUT2D eigenvalue weighted by molar-refractivity contribution is 6.02. The Labute approximate surface area is 101 Å². The summed E-state index contributed by atoms with van der Waals surface area (Å²) in [7, 11) is 0. The molecule has 17 heavy (non-hydrogen) atoms. The molecule has 0 aliphatic heterocycles. The minimum atomic E-state index is -0.356. The van der Waals surface area contributed by atoms with Gasteiger partial charge in [0.25, 0.3) is 11.9 Å². The van der Waals surface area contributed by atoms with Gasteiger partial charge in [-0.1, -0.05) is 6.92 Å². The van der Waals surface area contributed by atoms with Crippen LogP contribution in [-0.2, 0) is 4.74 Å². The largest absolute Gasteiger partial charge is 0.465 e. The number of hydrogen-bond donors (Lipinski definition) is 1. The lowest BCUT2D eigenvalue weighted by atomic mass is 10.3. The van der Waals surface area contributed by atoms with Crippen molar-refractivity contribution < 1.29 is 13.9 Å². The first-order valence-corrected chi connectivity index (χ1v) is 5.72. The van der Waals surface area contributed by atoms with Gasteiger partial charge in [0.15, 0.2) is 5.76 Å². The van der Waals surface area contributed by atoms with Crippen molar-refractivity contribution in [2.24, 2.45) is 4.99 Å². The summed E-state index contributed by atoms with van der Waals surface area (Å²) in [6, 6.07) is 3.58. The lowest BCUT2D eigenvalue weighted by molar-refractivity contribution is 0.0938. The Hall–Kier alpha value is -1.78. The fourth-order valence-electron chi connectivity index (χ4n) is 1.10. The van der Waals surface area contributed by atoms with Gasteiger partial charge in [-0.05, 0) is 32.4 Å². The van der Waals surface area contributed by atoms with Crippen molar-refractivity contribution in [3.05, 3.63) is 24.2 Å². The monoisotopic (exact) mass is 238 g/mol. The maximum absolute atomic E-state index is 11.7. The van der Waals surface area contributed by atoms with Crippen molar-refractivity contribution >= 4 is 11.9 Å². The number of carbonyl (C=O) groups excluding carboxylic acids is 1. The van der Waals surface area contributed by atoms with Crippen LogP contribution in [0.4, 0.5) is 0 Å². The SMILES string of the molecule is CCOC(=NC(C)CC)NC(=O)c1ccco1. The van der Waals surface area contributed by atoms with Crippen LogP contribution >= 0.6 is 0 Å². The number of aliphatic imine (C=N–C) groups is 1. The Balaban J connectivity index is 2.67. The molecule has 1 aromatic rings. The predicted octanol–water partition coefficient (Wildman–Crippen LogP) is 2.20. The number of ether oxygens (including phenoxy) is 1. The molecule has 0 fully saturated rings. The molecular formula is C12H18N2O3. The Morgan fingerprint density at radius 1 is 1.59 bits per heavy atom. The zero-order chi connectivity index (χ0) is 12.7. The summed E-state index contributed by atoms with van der Waals surface area (Å²) in [5, 5.41) is 2.58. The highest BCUT2D eigenvalue weighted by Gasteiger charge is 2.12. The first-order chi connectivity index (χ1) is 8.17. The number of amides is 1. The van der Waals surface area contributed by atoms with Gasteiger partial charge in [-0.2, -0.15) is 0 Å². The number of carbonyl (C=O) groups is 1. The van der Waals surface area contributed by atoms with E-state index < -0.39 is 0 Å². The quantitative estimate of drug-likeness (QED) is 0.646. The summed E-state index contributed by atoms with van der Waals surface area (Å²) >= 11 is 0. The van der Waals surface area contributed by atoms with Crippen molar-refractivity contribution in [2.45, 2.75) is 33.2 Å². The van der Waals surface area contributed by atoms with Gasteiger partial charge in [-0.25, -0.2) is 4.99 Å². The molecule has 5 nitrogen and oxygen atoms in total. The Morgan fingerprint density at radius 3 is 2.88 bits per heavy atom. The third-order valence-electron chi connectivity index (χ3n) is 2.17. The highest BCUT2D eigenvalue weighted by Crippen LogP contribution is 2.01. The maximum Gasteiger partial charge on any atom is 0.294 e. The second kappa shape index (κ2) is 6.73. The first-order valence-electron chi connectivity index (χ1n) is 5.72. The number of hydrogen-bond acceptors (Lipinski definition) is 4. The second-order valence-corrected chi connectivity index (χ2v) is 3.56. The van der Waals surface area contributed by atoms with Crippen LogP contribution in [0, 0.1) is 0 Å². The molecule has 1 amide bonds. The van der Waals surface area contributed by atoms with Gasteiger partial charge >= 0.3 is 0 Å². The lowest BCUT2D eigenvalue weighted by Gasteiger charge is -2.10. The van der Waals surface area contributed by atoms with Gasteiger partial charge in [0.2, 0.25) is 0 Å². The summed E-state index contributed by atoms with van der Waals surface area (Å²) < 4.78 is 10.2. The molecular weight excluding hydrogens is 220 g/mol. The van der Waals surface area contributed by atoms with Gasteiger partial charge in [0.1, 0.15) is 0 Å². The molecule has 1 aromatic heterocycles. The van der Waals surface area contributed by atoms with Crippen LogP contribution in [0.25, 0.3) is 0 Å². The van der Waals surface area contributed by atoms with Crippen molar-refractivity contribution in [3.63, 3.8) is 0 Å². The number of nitrogens with zero attached hydrogens (tertiary/aromatic N) is 1. The molecule has 1 atom stereocenters. The van der Waals surface area contributed by atoms with Gasteiger partial charge in [-0.15, -0.1) is 0 Å². The minimum Gasteiger partial charge on any atom is -0.465 e. The smallest absolute Gasteiger partial charge is 0.294 e. The summed E-state index contributed by atoms with van der Waals surface area (Å²) in [5.74, 6) is -0.118. The summed E-state index contributed by atoms with van der Waals surface area (Å²) in [5.41, 5.74) is 0. The Kier molecular flexibility index (Phi) is 5.26. The number of nitrogens with one attached hydrogen (secondary N) is 1. The van der Waals surface area contributed by atoms with E-state index in [1.54, 1.807) is 12.1 Å². The van der Waals surface area contributed by atoms with Gasteiger partial charge in [-0.3, -0.25) is 10.1 Å². The standard InChI is InChI=1S/C12H18N2O3/c1-4-9(3)13-12(16-5-2)14-11(15)10-7-6-8-17-10/h6-9H,4-5H2,1-3H3,(H,13,14,15). The van der Waals surface area contributed by atoms with Crippen LogP contribution in [0.1, 0.15) is 37.7 Å². The fraction of sp³-hybridized carbons (Fsp3) is 0.500. The third kappa shape index (κ3) is 4.30. The molecule has 5 heteroatoms. The normalized spacial score (nSPS) is 13.2. The van der Waals surface area contributed by atoms with Gasteiger partial charge < -0.3 is 9.15 Å². The van der Waals surface area contributed by atoms with E-state index in [-0.39, 0.29) is 23.7 Å². The average molecular weight is 238 g/mol. The minimum absolute atomic E-state index is 0.105. The van der Waals surface area contributed by atoms with Crippen LogP contribution in [0.3, 0.4) is 0 Å². The molecule has 0 aromatic carbocycles. The van der Waals surface area contributed by atoms with Crippen LogP contribution in [-0.4, -0.2) is 24.6 Å². The fourth-order valence-corrected chi connectivity index (χ4v) is 1.10. The molecule has 0 aliphatic carbocycles. The molecule has 1 N–H and O–H groups in total. The summed E-state index contributed by atoms with van der Waals surface area (Å²) in [6.07, 6.45) is 2.33. The van der Waals surface area contributed by atoms with E-state index in [0.29, 0.717) is 6.61 Å². The van der Waals surface area contributed by atoms with E-state index in [0.717, 1.165) is 6.42 Å². The van der Waals surface area contributed by atoms with Crippen molar-refractivity contribution in [2.75, 3.05) is 6.61 Å². The molecule has 1 rings (SSSR count). The van der Waals surface area contributed by atoms with E-state index in [1.807, 2.05) is 20.8 Å². The number of rotatable bonds is 4. The predicted molar refractivity (Wildman–Crippen MR) is 65.0 cm³/mol. The molecule has 0 saturated heterocycles. The maximum atomic E-state index is 11.7. The Morgan fingerprint density at radius 2 is 2.35 bits per heavy atom. The molecule has 1 heterocycles. The zero-order valence-electron chi connectivity index (χ0n) is 10.4. The van der Waals surface area contributed by atoms with Crippen LogP contribution in [0.15, 0.2) is 27.8 Å². The van der Waals surface area contributed by atoms with E-state index in [1.165, 1.54) is 6.26 Å². The molecule has 0 saturated carbocycles.